The number of hydrogen-bond donors (Lipinski definition) is 2. The molecule has 2 aromatic rings. The molecule has 0 fully saturated rings. The van der Waals surface area contributed by atoms with Gasteiger partial charge in [0, 0.05) is 20.7 Å². The van der Waals surface area contributed by atoms with Crippen LogP contribution in [-0.2, 0) is 0 Å². The maximum absolute atomic E-state index is 10.4. The Hall–Kier alpha value is -0.910. The minimum absolute atomic E-state index is 0.354. The van der Waals surface area contributed by atoms with Crippen LogP contribution in [0.5, 0.6) is 0 Å². The average molecular weight is 372 g/mol. The quantitative estimate of drug-likeness (QED) is 0.848. The van der Waals surface area contributed by atoms with E-state index in [1.54, 1.807) is 6.20 Å². The zero-order valence-electron chi connectivity index (χ0n) is 9.69. The zero-order chi connectivity index (χ0) is 13.3. The van der Waals surface area contributed by atoms with E-state index in [1.165, 1.54) is 0 Å². The highest BCUT2D eigenvalue weighted by Crippen LogP contribution is 2.31. The van der Waals surface area contributed by atoms with Crippen LogP contribution in [0.4, 0.5) is 5.82 Å². The van der Waals surface area contributed by atoms with Crippen LogP contribution in [0.3, 0.4) is 0 Å². The third-order valence-corrected chi connectivity index (χ3v) is 4.52. The first-order chi connectivity index (χ1) is 8.49. The molecule has 94 valence electrons. The fourth-order valence-corrected chi connectivity index (χ4v) is 2.33. The van der Waals surface area contributed by atoms with E-state index in [1.807, 2.05) is 31.2 Å². The Morgan fingerprint density at radius 1 is 1.22 bits per heavy atom. The second-order valence-corrected chi connectivity index (χ2v) is 5.77. The van der Waals surface area contributed by atoms with Crippen LogP contribution >= 0.6 is 31.9 Å². The van der Waals surface area contributed by atoms with Gasteiger partial charge in [0.05, 0.1) is 0 Å². The van der Waals surface area contributed by atoms with E-state index in [9.17, 15) is 5.11 Å². The SMILES string of the molecule is Cc1cnc(N)c(C(O)c2ccc(Br)c(Br)c2)c1. The van der Waals surface area contributed by atoms with Gasteiger partial charge < -0.3 is 10.8 Å². The maximum atomic E-state index is 10.4. The number of benzene rings is 1. The number of aliphatic hydroxyl groups excluding tert-OH is 1. The van der Waals surface area contributed by atoms with Gasteiger partial charge in [-0.15, -0.1) is 0 Å². The summed E-state index contributed by atoms with van der Waals surface area (Å²) in [6, 6.07) is 7.43. The molecule has 3 N–H and O–H groups in total. The van der Waals surface area contributed by atoms with Crippen molar-refractivity contribution in [2.45, 2.75) is 13.0 Å². The van der Waals surface area contributed by atoms with Crippen molar-refractivity contribution in [3.8, 4) is 0 Å². The number of nitrogens with two attached hydrogens (primary N) is 1. The molecule has 0 radical (unpaired) electrons. The average Bonchev–Trinajstić information content (AvgIpc) is 2.35. The molecule has 0 spiro atoms. The number of nitrogen functional groups attached to an aromatic ring is 1. The smallest absolute Gasteiger partial charge is 0.129 e. The van der Waals surface area contributed by atoms with Gasteiger partial charge in [-0.2, -0.15) is 0 Å². The Kier molecular flexibility index (Phi) is 4.04. The molecule has 1 aromatic carbocycles. The summed E-state index contributed by atoms with van der Waals surface area (Å²) < 4.78 is 1.83. The molecule has 18 heavy (non-hydrogen) atoms. The highest BCUT2D eigenvalue weighted by Gasteiger charge is 2.15. The molecule has 1 unspecified atom stereocenters. The highest BCUT2D eigenvalue weighted by atomic mass is 79.9. The topological polar surface area (TPSA) is 59.1 Å². The Bertz CT molecular complexity index is 587. The molecule has 1 atom stereocenters. The zero-order valence-corrected chi connectivity index (χ0v) is 12.9. The molecule has 1 aromatic heterocycles. The van der Waals surface area contributed by atoms with E-state index in [0.29, 0.717) is 11.4 Å². The Morgan fingerprint density at radius 3 is 2.61 bits per heavy atom. The van der Waals surface area contributed by atoms with Crippen LogP contribution in [0.15, 0.2) is 39.4 Å². The Balaban J connectivity index is 2.44. The number of aliphatic hydroxyl groups is 1. The fraction of sp³-hybridized carbons (Fsp3) is 0.154. The monoisotopic (exact) mass is 370 g/mol. The van der Waals surface area contributed by atoms with Crippen LogP contribution in [0.25, 0.3) is 0 Å². The van der Waals surface area contributed by atoms with Gasteiger partial charge in [-0.3, -0.25) is 0 Å². The fourth-order valence-electron chi connectivity index (χ4n) is 1.68. The van der Waals surface area contributed by atoms with Crippen molar-refractivity contribution in [3.05, 3.63) is 56.1 Å². The first kappa shape index (κ1) is 13.5. The summed E-state index contributed by atoms with van der Waals surface area (Å²) in [5.41, 5.74) is 8.17. The molecule has 0 aliphatic carbocycles. The Labute approximate surface area is 122 Å². The molecule has 2 rings (SSSR count). The summed E-state index contributed by atoms with van der Waals surface area (Å²) in [6.45, 7) is 1.92. The van der Waals surface area contributed by atoms with Gasteiger partial charge in [0.15, 0.2) is 0 Å². The van der Waals surface area contributed by atoms with E-state index in [4.69, 9.17) is 5.73 Å². The van der Waals surface area contributed by atoms with E-state index in [0.717, 1.165) is 20.1 Å². The normalized spacial score (nSPS) is 12.4. The van der Waals surface area contributed by atoms with Gasteiger partial charge in [-0.1, -0.05) is 6.07 Å². The summed E-state index contributed by atoms with van der Waals surface area (Å²) in [6.07, 6.45) is 0.907. The van der Waals surface area contributed by atoms with Crippen LogP contribution < -0.4 is 5.73 Å². The summed E-state index contributed by atoms with van der Waals surface area (Å²) in [7, 11) is 0. The molecule has 5 heteroatoms. The predicted octanol–water partition coefficient (Wildman–Crippen LogP) is 3.58. The lowest BCUT2D eigenvalue weighted by atomic mass is 10.0. The van der Waals surface area contributed by atoms with E-state index in [-0.39, 0.29) is 0 Å². The molecule has 0 amide bonds. The number of aromatic nitrogens is 1. The summed E-state index contributed by atoms with van der Waals surface area (Å²) >= 11 is 6.81. The number of rotatable bonds is 2. The number of pyridine rings is 1. The summed E-state index contributed by atoms with van der Waals surface area (Å²) in [5.74, 6) is 0.354. The minimum Gasteiger partial charge on any atom is -0.384 e. The third-order valence-electron chi connectivity index (χ3n) is 2.64. The largest absolute Gasteiger partial charge is 0.384 e. The van der Waals surface area contributed by atoms with Crippen LogP contribution in [0, 0.1) is 6.92 Å². The standard InChI is InChI=1S/C13H12Br2N2O/c1-7-4-9(13(16)17-6-7)12(18)8-2-3-10(14)11(15)5-8/h2-6,12,18H,1H3,(H2,16,17). The maximum Gasteiger partial charge on any atom is 0.129 e. The molecule has 0 bridgehead atoms. The number of anilines is 1. The van der Waals surface area contributed by atoms with Gasteiger partial charge in [-0.05, 0) is 68.1 Å². The molecule has 1 heterocycles. The first-order valence-corrected chi connectivity index (χ1v) is 6.92. The highest BCUT2D eigenvalue weighted by molar-refractivity contribution is 9.13. The van der Waals surface area contributed by atoms with Crippen LogP contribution in [0.2, 0.25) is 0 Å². The van der Waals surface area contributed by atoms with Crippen molar-refractivity contribution >= 4 is 37.7 Å². The molecular weight excluding hydrogens is 360 g/mol. The van der Waals surface area contributed by atoms with E-state index >= 15 is 0 Å². The summed E-state index contributed by atoms with van der Waals surface area (Å²) in [5, 5.41) is 10.4. The van der Waals surface area contributed by atoms with Crippen molar-refractivity contribution in [2.75, 3.05) is 5.73 Å². The number of hydrogen-bond acceptors (Lipinski definition) is 3. The molecular formula is C13H12Br2N2O. The number of aryl methyl sites for hydroxylation is 1. The van der Waals surface area contributed by atoms with E-state index < -0.39 is 6.10 Å². The first-order valence-electron chi connectivity index (χ1n) is 5.34. The van der Waals surface area contributed by atoms with Crippen LogP contribution in [0.1, 0.15) is 22.8 Å². The lowest BCUT2D eigenvalue weighted by molar-refractivity contribution is 0.220. The van der Waals surface area contributed by atoms with Crippen molar-refractivity contribution in [1.82, 2.24) is 4.98 Å². The minimum atomic E-state index is -0.776. The van der Waals surface area contributed by atoms with Gasteiger partial charge in [0.25, 0.3) is 0 Å². The predicted molar refractivity (Wildman–Crippen MR) is 79.3 cm³/mol. The van der Waals surface area contributed by atoms with E-state index in [2.05, 4.69) is 36.8 Å². The third kappa shape index (κ3) is 2.74. The van der Waals surface area contributed by atoms with Gasteiger partial charge in [0.1, 0.15) is 11.9 Å². The summed E-state index contributed by atoms with van der Waals surface area (Å²) in [4.78, 5) is 4.06. The second kappa shape index (κ2) is 5.38. The molecule has 0 aliphatic rings. The van der Waals surface area contributed by atoms with Crippen molar-refractivity contribution in [1.29, 1.82) is 0 Å². The second-order valence-electron chi connectivity index (χ2n) is 4.06. The van der Waals surface area contributed by atoms with Crippen LogP contribution in [-0.4, -0.2) is 10.1 Å². The van der Waals surface area contributed by atoms with Gasteiger partial charge in [-0.25, -0.2) is 4.98 Å². The lowest BCUT2D eigenvalue weighted by Gasteiger charge is -2.14. The molecule has 0 saturated carbocycles. The molecule has 0 saturated heterocycles. The van der Waals surface area contributed by atoms with Gasteiger partial charge >= 0.3 is 0 Å². The van der Waals surface area contributed by atoms with Crippen molar-refractivity contribution < 1.29 is 5.11 Å². The number of nitrogens with zero attached hydrogens (tertiary/aromatic N) is 1. The van der Waals surface area contributed by atoms with Gasteiger partial charge in [0.2, 0.25) is 0 Å². The molecule has 3 nitrogen and oxygen atoms in total. The Morgan fingerprint density at radius 2 is 1.94 bits per heavy atom. The lowest BCUT2D eigenvalue weighted by Crippen LogP contribution is -2.06. The molecule has 0 aliphatic heterocycles. The van der Waals surface area contributed by atoms with Crippen molar-refractivity contribution in [2.24, 2.45) is 0 Å². The van der Waals surface area contributed by atoms with Crippen molar-refractivity contribution in [3.63, 3.8) is 0 Å². The number of halogens is 2.